The summed E-state index contributed by atoms with van der Waals surface area (Å²) in [6.07, 6.45) is 7.96. The van der Waals surface area contributed by atoms with E-state index in [4.69, 9.17) is 9.84 Å². The van der Waals surface area contributed by atoms with E-state index in [9.17, 15) is 14.4 Å². The van der Waals surface area contributed by atoms with E-state index < -0.39 is 5.97 Å². The number of carboxylic acid groups (broad SMARTS) is 1. The van der Waals surface area contributed by atoms with Crippen LogP contribution in [0, 0.1) is 0 Å². The largest absolute Gasteiger partial charge is 0.477 e. The number of hydrogen-bond acceptors (Lipinski definition) is 10. The molecule has 4 heterocycles. The number of piperidine rings is 1. The first-order valence-electron chi connectivity index (χ1n) is 9.75. The van der Waals surface area contributed by atoms with Crippen molar-refractivity contribution in [3.63, 3.8) is 0 Å². The van der Waals surface area contributed by atoms with Crippen molar-refractivity contribution in [2.45, 2.75) is 26.2 Å². The maximum absolute atomic E-state index is 11.9. The van der Waals surface area contributed by atoms with Crippen LogP contribution in [0.3, 0.4) is 0 Å². The molecule has 1 amide bonds. The highest BCUT2D eigenvalue weighted by Crippen LogP contribution is 2.22. The lowest BCUT2D eigenvalue weighted by Gasteiger charge is -2.25. The second-order valence-electron chi connectivity index (χ2n) is 6.31. The molecule has 1 aliphatic rings. The lowest BCUT2D eigenvalue weighted by molar-refractivity contribution is 0.0531. The number of carbonyl (C=O) groups excluding carboxylic acids is 2. The molecule has 1 fully saturated rings. The van der Waals surface area contributed by atoms with Crippen LogP contribution in [-0.4, -0.2) is 62.5 Å². The van der Waals surface area contributed by atoms with Crippen molar-refractivity contribution in [3.05, 3.63) is 45.0 Å². The van der Waals surface area contributed by atoms with Crippen molar-refractivity contribution in [3.8, 4) is 0 Å². The van der Waals surface area contributed by atoms with Crippen LogP contribution in [-0.2, 0) is 4.74 Å². The molecule has 0 spiro atoms. The second-order valence-corrected chi connectivity index (χ2v) is 13.2. The van der Waals surface area contributed by atoms with Crippen LogP contribution in [0.25, 0.3) is 0 Å². The molecule has 0 radical (unpaired) electrons. The van der Waals surface area contributed by atoms with Gasteiger partial charge in [-0.1, -0.05) is 0 Å². The van der Waals surface area contributed by atoms with Crippen molar-refractivity contribution < 1.29 is 24.2 Å². The number of nitrogens with zero attached hydrogens (tertiary/aromatic N) is 4. The monoisotopic (exact) mass is 716 g/mol. The molecule has 0 saturated carbocycles. The van der Waals surface area contributed by atoms with Gasteiger partial charge in [0.1, 0.15) is 14.6 Å². The molecular weight excluding hydrogens is 700 g/mol. The lowest BCUT2D eigenvalue weighted by Crippen LogP contribution is -2.35. The summed E-state index contributed by atoms with van der Waals surface area (Å²) in [7, 11) is 0. The van der Waals surface area contributed by atoms with E-state index in [1.165, 1.54) is 41.5 Å². The predicted molar refractivity (Wildman–Crippen MR) is 142 cm³/mol. The van der Waals surface area contributed by atoms with Crippen LogP contribution in [0.4, 0.5) is 0 Å². The van der Waals surface area contributed by atoms with E-state index in [1.807, 2.05) is 4.90 Å². The average molecular weight is 719 g/mol. The van der Waals surface area contributed by atoms with Gasteiger partial charge in [-0.25, -0.2) is 24.5 Å². The van der Waals surface area contributed by atoms with Gasteiger partial charge < -0.3 is 14.7 Å². The zero-order valence-electron chi connectivity index (χ0n) is 17.7. The van der Waals surface area contributed by atoms with Crippen LogP contribution < -0.4 is 0 Å². The predicted octanol–water partition coefficient (Wildman–Crippen LogP) is 6.22. The summed E-state index contributed by atoms with van der Waals surface area (Å²) in [5, 5.41) is 8.35. The highest BCUT2D eigenvalue weighted by Gasteiger charge is 2.19. The van der Waals surface area contributed by atoms with Crippen molar-refractivity contribution in [2.75, 3.05) is 19.7 Å². The molecule has 0 unspecified atom stereocenters. The Hall–Kier alpha value is -1.26. The Morgan fingerprint density at radius 3 is 1.74 bits per heavy atom. The molecular formula is C19H19Br3N4O5S3. The van der Waals surface area contributed by atoms with Crippen LogP contribution in [0.1, 0.15) is 55.2 Å². The van der Waals surface area contributed by atoms with Crippen LogP contribution in [0.5, 0.6) is 0 Å². The van der Waals surface area contributed by atoms with Crippen LogP contribution in [0.2, 0.25) is 0 Å². The number of aromatic nitrogens is 3. The smallest absolute Gasteiger partial charge is 0.349 e. The molecule has 0 bridgehead atoms. The Morgan fingerprint density at radius 1 is 0.882 bits per heavy atom. The van der Waals surface area contributed by atoms with Gasteiger partial charge in [0.2, 0.25) is 0 Å². The molecule has 184 valence electrons. The molecule has 9 nitrogen and oxygen atoms in total. The minimum atomic E-state index is -0.932. The van der Waals surface area contributed by atoms with Gasteiger partial charge in [-0.05, 0) is 74.0 Å². The SMILES string of the molecule is CCOC(=O)c1cnc(Br)s1.O=C(O)c1cnc(Br)s1.O=C(c1cnc(Br)s1)N1CCCCC1. The molecule has 15 heteroatoms. The van der Waals surface area contributed by atoms with E-state index in [0.717, 1.165) is 46.1 Å². The van der Waals surface area contributed by atoms with E-state index in [0.29, 0.717) is 19.3 Å². The lowest BCUT2D eigenvalue weighted by atomic mass is 10.1. The van der Waals surface area contributed by atoms with Gasteiger partial charge in [0.25, 0.3) is 5.91 Å². The summed E-state index contributed by atoms with van der Waals surface area (Å²) < 4.78 is 6.82. The fourth-order valence-electron chi connectivity index (χ4n) is 2.51. The van der Waals surface area contributed by atoms with Crippen molar-refractivity contribution >= 4 is 99.6 Å². The van der Waals surface area contributed by atoms with Crippen molar-refractivity contribution in [1.82, 2.24) is 19.9 Å². The zero-order valence-corrected chi connectivity index (χ0v) is 24.9. The molecule has 4 rings (SSSR count). The molecule has 0 atom stereocenters. The van der Waals surface area contributed by atoms with Crippen molar-refractivity contribution in [1.29, 1.82) is 0 Å². The molecule has 3 aromatic rings. The Bertz CT molecular complexity index is 1100. The van der Waals surface area contributed by atoms with E-state index in [2.05, 4.69) is 62.7 Å². The number of carbonyl (C=O) groups is 3. The number of likely N-dealkylation sites (tertiary alicyclic amines) is 1. The summed E-state index contributed by atoms with van der Waals surface area (Å²) >= 11 is 13.2. The summed E-state index contributed by atoms with van der Waals surface area (Å²) in [5.74, 6) is -1.11. The van der Waals surface area contributed by atoms with Crippen LogP contribution >= 0.6 is 81.8 Å². The van der Waals surface area contributed by atoms with Gasteiger partial charge >= 0.3 is 11.9 Å². The summed E-state index contributed by atoms with van der Waals surface area (Å²) in [6, 6.07) is 0. The fraction of sp³-hybridized carbons (Fsp3) is 0.368. The quantitative estimate of drug-likeness (QED) is 0.316. The van der Waals surface area contributed by atoms with E-state index >= 15 is 0 Å². The number of hydrogen-bond donors (Lipinski definition) is 1. The first-order valence-corrected chi connectivity index (χ1v) is 14.6. The van der Waals surface area contributed by atoms with Gasteiger partial charge in [-0.15, -0.1) is 34.0 Å². The third-order valence-electron chi connectivity index (χ3n) is 3.97. The molecule has 1 N–H and O–H groups in total. The number of aromatic carboxylic acids is 1. The standard InChI is InChI=1S/C9H11BrN2OS.C6H6BrNO2S.C4H2BrNO2S/c10-9-11-6-7(14-9)8(13)12-4-2-1-3-5-12;1-2-10-5(9)4-3-8-6(7)11-4;5-4-6-1-2(9-4)3(7)8/h6H,1-5H2;3H,2H2,1H3;1H,(H,7,8). The Balaban J connectivity index is 0.000000185. The van der Waals surface area contributed by atoms with Crippen LogP contribution in [0.15, 0.2) is 30.3 Å². The third kappa shape index (κ3) is 9.77. The first-order chi connectivity index (χ1) is 16.2. The number of amides is 1. The van der Waals surface area contributed by atoms with Gasteiger partial charge in [0.15, 0.2) is 11.8 Å². The minimum absolute atomic E-state index is 0.132. The zero-order chi connectivity index (χ0) is 25.1. The molecule has 1 saturated heterocycles. The number of halogens is 3. The number of esters is 1. The molecule has 1 aliphatic heterocycles. The Kier molecular flexibility index (Phi) is 12.8. The highest BCUT2D eigenvalue weighted by molar-refractivity contribution is 9.11. The van der Waals surface area contributed by atoms with Gasteiger partial charge in [0, 0.05) is 13.1 Å². The molecule has 3 aromatic heterocycles. The summed E-state index contributed by atoms with van der Waals surface area (Å²) in [6.45, 7) is 3.96. The van der Waals surface area contributed by atoms with Gasteiger partial charge in [-0.2, -0.15) is 0 Å². The average Bonchev–Trinajstić information content (AvgIpc) is 3.56. The topological polar surface area (TPSA) is 123 Å². The minimum Gasteiger partial charge on any atom is -0.477 e. The maximum Gasteiger partial charge on any atom is 0.349 e. The molecule has 0 aliphatic carbocycles. The second kappa shape index (κ2) is 15.0. The Labute approximate surface area is 233 Å². The molecule has 34 heavy (non-hydrogen) atoms. The Morgan fingerprint density at radius 2 is 1.35 bits per heavy atom. The van der Waals surface area contributed by atoms with E-state index in [-0.39, 0.29) is 16.8 Å². The fourth-order valence-corrected chi connectivity index (χ4v) is 6.01. The number of carboxylic acids is 1. The first kappa shape index (κ1) is 29.0. The summed E-state index contributed by atoms with van der Waals surface area (Å²) in [5.41, 5.74) is 0. The van der Waals surface area contributed by atoms with Crippen molar-refractivity contribution in [2.24, 2.45) is 0 Å². The van der Waals surface area contributed by atoms with Gasteiger partial charge in [-0.3, -0.25) is 4.79 Å². The van der Waals surface area contributed by atoms with E-state index in [1.54, 1.807) is 13.1 Å². The molecule has 0 aromatic carbocycles. The van der Waals surface area contributed by atoms with Gasteiger partial charge in [0.05, 0.1) is 25.2 Å². The maximum atomic E-state index is 11.9. The number of thiazole rings is 3. The number of ether oxygens (including phenoxy) is 1. The normalized spacial score (nSPS) is 12.6. The summed E-state index contributed by atoms with van der Waals surface area (Å²) in [4.78, 5) is 48.0. The number of rotatable bonds is 4. The highest BCUT2D eigenvalue weighted by atomic mass is 79.9. The third-order valence-corrected chi connectivity index (χ3v) is 8.36.